The minimum atomic E-state index is -1.40. The second kappa shape index (κ2) is 7.31. The van der Waals surface area contributed by atoms with Crippen LogP contribution in [0.4, 0.5) is 0 Å². The maximum Gasteiger partial charge on any atom is 0.129 e. The molecule has 1 unspecified atom stereocenters. The van der Waals surface area contributed by atoms with Crippen LogP contribution in [0.1, 0.15) is 31.2 Å². The molecule has 0 bridgehead atoms. The van der Waals surface area contributed by atoms with E-state index in [4.69, 9.17) is 0 Å². The third-order valence-electron chi connectivity index (χ3n) is 4.25. The van der Waals surface area contributed by atoms with Crippen LogP contribution >= 0.6 is 0 Å². The highest BCUT2D eigenvalue weighted by atomic mass is 28.3. The van der Waals surface area contributed by atoms with Crippen molar-refractivity contribution < 1.29 is 0 Å². The Kier molecular flexibility index (Phi) is 5.67. The third kappa shape index (κ3) is 4.12. The summed E-state index contributed by atoms with van der Waals surface area (Å²) in [5, 5.41) is 0. The lowest BCUT2D eigenvalue weighted by Gasteiger charge is -2.38. The van der Waals surface area contributed by atoms with Gasteiger partial charge < -0.3 is 0 Å². The van der Waals surface area contributed by atoms with Gasteiger partial charge in [0.1, 0.15) is 13.6 Å². The van der Waals surface area contributed by atoms with Gasteiger partial charge in [-0.25, -0.2) is 0 Å². The van der Waals surface area contributed by atoms with Gasteiger partial charge in [0.25, 0.3) is 0 Å². The average Bonchev–Trinajstić information content (AvgIpc) is 3.02. The minimum Gasteiger partial charge on any atom is -0.284 e. The van der Waals surface area contributed by atoms with E-state index in [1.165, 1.54) is 18.4 Å². The fraction of sp³-hybridized carbons (Fsp3) is 0.500. The first kappa shape index (κ1) is 17.1. The molecular formula is C20H29NSi. The van der Waals surface area contributed by atoms with Crippen LogP contribution in [0.25, 0.3) is 0 Å². The van der Waals surface area contributed by atoms with E-state index >= 15 is 0 Å². The minimum absolute atomic E-state index is 0.133. The first-order chi connectivity index (χ1) is 10.5. The third-order valence-corrected chi connectivity index (χ3v) is 5.13. The summed E-state index contributed by atoms with van der Waals surface area (Å²) in [5.41, 5.74) is 4.88. The largest absolute Gasteiger partial charge is 0.284 e. The molecule has 1 fully saturated rings. The Hall–Kier alpha value is -1.30. The Balaban J connectivity index is 2.51. The Labute approximate surface area is 137 Å². The van der Waals surface area contributed by atoms with Crippen LogP contribution in [0.5, 0.6) is 0 Å². The molecule has 0 radical (unpaired) electrons. The zero-order valence-corrected chi connectivity index (χ0v) is 15.4. The van der Waals surface area contributed by atoms with Crippen LogP contribution in [0.2, 0.25) is 19.6 Å². The Bertz CT molecular complexity index is 541. The first-order valence-electron chi connectivity index (χ1n) is 8.44. The molecule has 1 saturated heterocycles. The molecule has 22 heavy (non-hydrogen) atoms. The monoisotopic (exact) mass is 311 g/mol. The summed E-state index contributed by atoms with van der Waals surface area (Å²) in [6.45, 7) is 13.2. The van der Waals surface area contributed by atoms with Gasteiger partial charge in [-0.3, -0.25) is 4.90 Å². The molecule has 2 rings (SSSR count). The van der Waals surface area contributed by atoms with Gasteiger partial charge in [0.2, 0.25) is 0 Å². The molecule has 1 nitrogen and oxygen atoms in total. The molecule has 1 atom stereocenters. The standard InChI is InChI=1S/C20H29NSi/c1-5-6-14-20(15-18-22(2,3)4,21-16-10-11-17-21)19-12-8-7-9-13-19/h5,7-9,12-13H,1,6,10-11,14,16-17H2,2-4H3. The maximum atomic E-state index is 3.93. The molecule has 2 heteroatoms. The molecule has 0 spiro atoms. The van der Waals surface area contributed by atoms with Crippen molar-refractivity contribution in [3.63, 3.8) is 0 Å². The van der Waals surface area contributed by atoms with Gasteiger partial charge in [0.05, 0.1) is 0 Å². The van der Waals surface area contributed by atoms with Gasteiger partial charge in [-0.15, -0.1) is 12.1 Å². The molecule has 0 aromatic heterocycles. The van der Waals surface area contributed by atoms with Crippen molar-refractivity contribution in [2.75, 3.05) is 13.1 Å². The number of likely N-dealkylation sites (tertiary alicyclic amines) is 1. The molecule has 0 N–H and O–H groups in total. The zero-order chi connectivity index (χ0) is 16.1. The fourth-order valence-corrected chi connectivity index (χ4v) is 3.70. The highest BCUT2D eigenvalue weighted by Crippen LogP contribution is 2.36. The number of hydrogen-bond acceptors (Lipinski definition) is 1. The summed E-state index contributed by atoms with van der Waals surface area (Å²) < 4.78 is 0. The van der Waals surface area contributed by atoms with Crippen LogP contribution < -0.4 is 0 Å². The SMILES string of the molecule is C=CCCC(C#C[Si](C)(C)C)(c1ccccc1)N1CCCC1. The van der Waals surface area contributed by atoms with Crippen LogP contribution in [-0.4, -0.2) is 26.1 Å². The number of rotatable bonds is 5. The van der Waals surface area contributed by atoms with Crippen LogP contribution in [-0.2, 0) is 5.54 Å². The Morgan fingerprint density at radius 1 is 1.18 bits per heavy atom. The summed E-state index contributed by atoms with van der Waals surface area (Å²) in [5.74, 6) is 3.76. The zero-order valence-electron chi connectivity index (χ0n) is 14.4. The summed E-state index contributed by atoms with van der Waals surface area (Å²) >= 11 is 0. The maximum absolute atomic E-state index is 3.93. The van der Waals surface area contributed by atoms with E-state index in [0.717, 1.165) is 25.9 Å². The van der Waals surface area contributed by atoms with Crippen LogP contribution in [0.15, 0.2) is 43.0 Å². The fourth-order valence-electron chi connectivity index (χ4n) is 3.11. The van der Waals surface area contributed by atoms with Gasteiger partial charge in [0.15, 0.2) is 0 Å². The van der Waals surface area contributed by atoms with E-state index < -0.39 is 8.07 Å². The van der Waals surface area contributed by atoms with Crippen molar-refractivity contribution in [1.29, 1.82) is 0 Å². The highest BCUT2D eigenvalue weighted by molar-refractivity contribution is 6.83. The molecule has 0 saturated carbocycles. The molecule has 1 aromatic carbocycles. The molecule has 1 aliphatic rings. The van der Waals surface area contributed by atoms with E-state index in [1.807, 2.05) is 6.08 Å². The van der Waals surface area contributed by atoms with E-state index in [1.54, 1.807) is 0 Å². The average molecular weight is 312 g/mol. The molecule has 0 amide bonds. The lowest BCUT2D eigenvalue weighted by Crippen LogP contribution is -2.44. The Morgan fingerprint density at radius 3 is 2.36 bits per heavy atom. The van der Waals surface area contributed by atoms with Gasteiger partial charge in [-0.2, -0.15) is 0 Å². The van der Waals surface area contributed by atoms with E-state index in [2.05, 4.69) is 72.9 Å². The van der Waals surface area contributed by atoms with Crippen molar-refractivity contribution in [2.24, 2.45) is 0 Å². The lowest BCUT2D eigenvalue weighted by molar-refractivity contribution is 0.166. The smallest absolute Gasteiger partial charge is 0.129 e. The topological polar surface area (TPSA) is 3.24 Å². The number of nitrogens with zero attached hydrogens (tertiary/aromatic N) is 1. The van der Waals surface area contributed by atoms with Crippen molar-refractivity contribution in [2.45, 2.75) is 50.9 Å². The quantitative estimate of drug-likeness (QED) is 0.428. The predicted molar refractivity (Wildman–Crippen MR) is 99.5 cm³/mol. The molecule has 118 valence electrons. The van der Waals surface area contributed by atoms with E-state index in [0.29, 0.717) is 0 Å². The van der Waals surface area contributed by atoms with Gasteiger partial charge in [-0.05, 0) is 44.3 Å². The van der Waals surface area contributed by atoms with E-state index in [9.17, 15) is 0 Å². The summed E-state index contributed by atoms with van der Waals surface area (Å²) in [6, 6.07) is 10.9. The highest BCUT2D eigenvalue weighted by Gasteiger charge is 2.37. The van der Waals surface area contributed by atoms with Crippen LogP contribution in [0.3, 0.4) is 0 Å². The molecule has 1 aromatic rings. The predicted octanol–water partition coefficient (Wildman–Crippen LogP) is 4.82. The Morgan fingerprint density at radius 2 is 1.82 bits per heavy atom. The summed E-state index contributed by atoms with van der Waals surface area (Å²) in [6.07, 6.45) is 6.66. The van der Waals surface area contributed by atoms with Crippen molar-refractivity contribution >= 4 is 8.07 Å². The number of allylic oxidation sites excluding steroid dienone is 1. The normalized spacial score (nSPS) is 18.3. The van der Waals surface area contributed by atoms with E-state index in [-0.39, 0.29) is 5.54 Å². The molecular weight excluding hydrogens is 282 g/mol. The number of benzene rings is 1. The van der Waals surface area contributed by atoms with Crippen LogP contribution in [0, 0.1) is 11.5 Å². The second-order valence-corrected chi connectivity index (χ2v) is 12.0. The van der Waals surface area contributed by atoms with Crippen molar-refractivity contribution in [3.8, 4) is 11.5 Å². The summed E-state index contributed by atoms with van der Waals surface area (Å²) in [7, 11) is -1.40. The first-order valence-corrected chi connectivity index (χ1v) is 11.9. The molecule has 0 aliphatic carbocycles. The second-order valence-electron chi connectivity index (χ2n) is 7.25. The lowest BCUT2D eigenvalue weighted by atomic mass is 9.84. The van der Waals surface area contributed by atoms with Gasteiger partial charge in [0, 0.05) is 0 Å². The molecule has 1 aliphatic heterocycles. The van der Waals surface area contributed by atoms with Crippen molar-refractivity contribution in [3.05, 3.63) is 48.6 Å². The van der Waals surface area contributed by atoms with Gasteiger partial charge >= 0.3 is 0 Å². The number of hydrogen-bond donors (Lipinski definition) is 0. The molecule has 1 heterocycles. The summed E-state index contributed by atoms with van der Waals surface area (Å²) in [4.78, 5) is 2.61. The van der Waals surface area contributed by atoms with Gasteiger partial charge in [-0.1, -0.05) is 62.0 Å². The van der Waals surface area contributed by atoms with Crippen molar-refractivity contribution in [1.82, 2.24) is 4.90 Å².